The molecule has 10 heteroatoms. The van der Waals surface area contributed by atoms with Crippen LogP contribution in [0.3, 0.4) is 0 Å². The number of carbonyl (C=O) groups excluding carboxylic acids is 2. The Hall–Kier alpha value is -4.47. The molecule has 3 aliphatic heterocycles. The van der Waals surface area contributed by atoms with E-state index < -0.39 is 6.04 Å². The van der Waals surface area contributed by atoms with E-state index in [9.17, 15) is 9.59 Å². The van der Waals surface area contributed by atoms with Gasteiger partial charge in [0.2, 0.25) is 11.8 Å². The number of hydrogen-bond acceptors (Lipinski definition) is 8. The van der Waals surface area contributed by atoms with Gasteiger partial charge in [0.15, 0.2) is 18.1 Å². The number of methoxy groups -OCH3 is 3. The molecule has 3 aliphatic rings. The highest BCUT2D eigenvalue weighted by Gasteiger charge is 2.35. The van der Waals surface area contributed by atoms with Gasteiger partial charge in [-0.2, -0.15) is 4.98 Å². The smallest absolute Gasteiger partial charge is 0.260 e. The normalized spacial score (nSPS) is 16.9. The second-order valence-electron chi connectivity index (χ2n) is 9.18. The standard InChI is InChI=1S/C29H31N3O7/c1-35-23-16-22-18-10-12-32(29(34)21-8-9-26(36-2)31-28(21)37-3)27(22)19-6-4-7-20(14-19)38-13-5-11-30-25(33)17-39-24(23)15-18/h4,6-9,14-16,27H,5,10-13,17H2,1-3H3,(H,30,33). The van der Waals surface area contributed by atoms with Crippen molar-refractivity contribution >= 4 is 11.8 Å². The highest BCUT2D eigenvalue weighted by atomic mass is 16.5. The summed E-state index contributed by atoms with van der Waals surface area (Å²) in [4.78, 5) is 32.5. The van der Waals surface area contributed by atoms with Crippen LogP contribution in [0.25, 0.3) is 0 Å². The lowest BCUT2D eigenvalue weighted by Crippen LogP contribution is -2.41. The fourth-order valence-electron chi connectivity index (χ4n) is 4.95. The number of benzene rings is 2. The van der Waals surface area contributed by atoms with E-state index in [2.05, 4.69) is 10.3 Å². The molecule has 4 heterocycles. The van der Waals surface area contributed by atoms with Crippen molar-refractivity contribution in [2.45, 2.75) is 18.9 Å². The molecule has 6 rings (SSSR count). The average molecular weight is 534 g/mol. The van der Waals surface area contributed by atoms with Gasteiger partial charge in [-0.1, -0.05) is 12.1 Å². The monoisotopic (exact) mass is 533 g/mol. The van der Waals surface area contributed by atoms with Crippen LogP contribution in [0.15, 0.2) is 48.5 Å². The first kappa shape index (κ1) is 26.1. The van der Waals surface area contributed by atoms with Gasteiger partial charge >= 0.3 is 0 Å². The zero-order valence-corrected chi connectivity index (χ0v) is 22.2. The van der Waals surface area contributed by atoms with Crippen LogP contribution in [0.5, 0.6) is 29.0 Å². The molecule has 0 saturated heterocycles. The summed E-state index contributed by atoms with van der Waals surface area (Å²) in [6.45, 7) is 1.20. The number of aromatic nitrogens is 1. The quantitative estimate of drug-likeness (QED) is 0.545. The van der Waals surface area contributed by atoms with Crippen LogP contribution < -0.4 is 29.0 Å². The highest BCUT2D eigenvalue weighted by Crippen LogP contribution is 2.42. The van der Waals surface area contributed by atoms with E-state index in [1.165, 1.54) is 14.2 Å². The average Bonchev–Trinajstić information content (AvgIpc) is 2.97. The summed E-state index contributed by atoms with van der Waals surface area (Å²) in [5.74, 6) is 1.73. The molecule has 0 spiro atoms. The zero-order chi connectivity index (χ0) is 27.4. The van der Waals surface area contributed by atoms with Gasteiger partial charge in [-0.25, -0.2) is 0 Å². The van der Waals surface area contributed by atoms with Crippen molar-refractivity contribution in [2.75, 3.05) is 47.6 Å². The highest BCUT2D eigenvalue weighted by molar-refractivity contribution is 5.97. The number of carbonyl (C=O) groups is 2. The zero-order valence-electron chi connectivity index (χ0n) is 22.2. The molecule has 1 unspecified atom stereocenters. The Morgan fingerprint density at radius 2 is 1.92 bits per heavy atom. The van der Waals surface area contributed by atoms with Gasteiger partial charge in [-0.3, -0.25) is 9.59 Å². The number of nitrogens with one attached hydrogen (secondary N) is 1. The number of rotatable bonds is 4. The molecule has 1 atom stereocenters. The molecule has 10 nitrogen and oxygen atoms in total. The number of nitrogens with zero attached hydrogens (tertiary/aromatic N) is 2. The molecule has 39 heavy (non-hydrogen) atoms. The summed E-state index contributed by atoms with van der Waals surface area (Å²) >= 11 is 0. The van der Waals surface area contributed by atoms with Crippen LogP contribution in [0.2, 0.25) is 0 Å². The van der Waals surface area contributed by atoms with E-state index >= 15 is 0 Å². The minimum Gasteiger partial charge on any atom is -0.494 e. The lowest BCUT2D eigenvalue weighted by Gasteiger charge is -2.38. The summed E-state index contributed by atoms with van der Waals surface area (Å²) in [6, 6.07) is 14.4. The molecule has 0 fully saturated rings. The Morgan fingerprint density at radius 1 is 1.05 bits per heavy atom. The van der Waals surface area contributed by atoms with Gasteiger partial charge in [0.1, 0.15) is 11.3 Å². The third-order valence-corrected chi connectivity index (χ3v) is 6.83. The van der Waals surface area contributed by atoms with E-state index in [0.29, 0.717) is 61.2 Å². The van der Waals surface area contributed by atoms with Gasteiger partial charge in [-0.15, -0.1) is 0 Å². The van der Waals surface area contributed by atoms with Crippen LogP contribution in [0.4, 0.5) is 0 Å². The van der Waals surface area contributed by atoms with Gasteiger partial charge in [0, 0.05) is 19.2 Å². The molecule has 1 aromatic heterocycles. The summed E-state index contributed by atoms with van der Waals surface area (Å²) in [7, 11) is 4.54. The molecule has 1 N–H and O–H groups in total. The number of hydrogen-bond donors (Lipinski definition) is 1. The van der Waals surface area contributed by atoms with Crippen molar-refractivity contribution in [1.29, 1.82) is 0 Å². The van der Waals surface area contributed by atoms with Crippen LogP contribution in [-0.2, 0) is 11.2 Å². The molecule has 0 radical (unpaired) electrons. The summed E-state index contributed by atoms with van der Waals surface area (Å²) < 4.78 is 28.2. The van der Waals surface area contributed by atoms with Crippen molar-refractivity contribution in [3.8, 4) is 29.0 Å². The summed E-state index contributed by atoms with van der Waals surface area (Å²) in [5, 5.41) is 2.84. The molecule has 0 saturated carbocycles. The Bertz CT molecular complexity index is 1380. The first-order valence-electron chi connectivity index (χ1n) is 12.8. The molecule has 0 aliphatic carbocycles. The molecule has 6 bridgehead atoms. The number of ether oxygens (including phenoxy) is 5. The van der Waals surface area contributed by atoms with Gasteiger partial charge in [0.05, 0.1) is 34.0 Å². The number of pyridine rings is 1. The Kier molecular flexibility index (Phi) is 7.72. The summed E-state index contributed by atoms with van der Waals surface area (Å²) in [6.07, 6.45) is 1.21. The fourth-order valence-corrected chi connectivity index (χ4v) is 4.95. The lowest BCUT2D eigenvalue weighted by atomic mass is 9.87. The van der Waals surface area contributed by atoms with Crippen LogP contribution in [0.1, 0.15) is 39.5 Å². The van der Waals surface area contributed by atoms with Gasteiger partial charge in [-0.05, 0) is 59.9 Å². The van der Waals surface area contributed by atoms with Crippen LogP contribution >= 0.6 is 0 Å². The van der Waals surface area contributed by atoms with E-state index in [1.807, 2.05) is 41.3 Å². The molecule has 3 aromatic rings. The predicted molar refractivity (Wildman–Crippen MR) is 142 cm³/mol. The van der Waals surface area contributed by atoms with Crippen molar-refractivity contribution in [1.82, 2.24) is 15.2 Å². The SMILES string of the molecule is COc1ccc(C(=O)N2CCc3cc4c(OC)cc3C2c2cccc(c2)OCCCNC(=O)CO4)c(OC)n1. The maximum absolute atomic E-state index is 14.1. The molecule has 204 valence electrons. The fraction of sp³-hybridized carbons (Fsp3) is 0.345. The summed E-state index contributed by atoms with van der Waals surface area (Å²) in [5.41, 5.74) is 3.11. The van der Waals surface area contributed by atoms with Gasteiger partial charge in [0.25, 0.3) is 11.8 Å². The van der Waals surface area contributed by atoms with Crippen LogP contribution in [-0.4, -0.2) is 69.3 Å². The second kappa shape index (κ2) is 11.5. The van der Waals surface area contributed by atoms with Crippen molar-refractivity contribution < 1.29 is 33.3 Å². The van der Waals surface area contributed by atoms with E-state index in [4.69, 9.17) is 23.7 Å². The van der Waals surface area contributed by atoms with Crippen molar-refractivity contribution in [3.63, 3.8) is 0 Å². The first-order chi connectivity index (χ1) is 19.0. The second-order valence-corrected chi connectivity index (χ2v) is 9.18. The Labute approximate surface area is 226 Å². The third kappa shape index (κ3) is 5.41. The van der Waals surface area contributed by atoms with Crippen LogP contribution in [0, 0.1) is 0 Å². The van der Waals surface area contributed by atoms with Crippen molar-refractivity contribution in [2.24, 2.45) is 0 Å². The molecular weight excluding hydrogens is 502 g/mol. The predicted octanol–water partition coefficient (Wildman–Crippen LogP) is 3.17. The number of fused-ring (bicyclic) bond motifs is 8. The van der Waals surface area contributed by atoms with E-state index in [1.54, 1.807) is 19.2 Å². The molecule has 2 amide bonds. The van der Waals surface area contributed by atoms with Gasteiger partial charge < -0.3 is 33.9 Å². The lowest BCUT2D eigenvalue weighted by molar-refractivity contribution is -0.123. The Morgan fingerprint density at radius 3 is 2.72 bits per heavy atom. The largest absolute Gasteiger partial charge is 0.494 e. The minimum atomic E-state index is -0.448. The maximum Gasteiger partial charge on any atom is 0.260 e. The topological polar surface area (TPSA) is 108 Å². The minimum absolute atomic E-state index is 0.132. The number of amides is 2. The third-order valence-electron chi connectivity index (χ3n) is 6.83. The maximum atomic E-state index is 14.1. The van der Waals surface area contributed by atoms with Crippen molar-refractivity contribution in [3.05, 3.63) is 70.8 Å². The van der Waals surface area contributed by atoms with E-state index in [0.717, 1.165) is 16.7 Å². The Balaban J connectivity index is 1.63. The molecule has 2 aromatic carbocycles. The first-order valence-corrected chi connectivity index (χ1v) is 12.8. The van der Waals surface area contributed by atoms with E-state index in [-0.39, 0.29) is 24.3 Å². The molecular formula is C29H31N3O7.